The van der Waals surface area contributed by atoms with E-state index in [-0.39, 0.29) is 41.8 Å². The van der Waals surface area contributed by atoms with E-state index in [2.05, 4.69) is 24.1 Å². The van der Waals surface area contributed by atoms with Crippen molar-refractivity contribution < 1.29 is 19.0 Å². The van der Waals surface area contributed by atoms with Crippen molar-refractivity contribution >= 4 is 35.9 Å². The number of nitrogens with zero attached hydrogens (tertiary/aromatic N) is 2. The molecule has 3 atom stereocenters. The van der Waals surface area contributed by atoms with Crippen LogP contribution in [0, 0.1) is 17.8 Å². The Morgan fingerprint density at radius 1 is 1.38 bits per heavy atom. The molecular formula is C18H34IN3O4. The maximum absolute atomic E-state index is 11.9. The summed E-state index contributed by atoms with van der Waals surface area (Å²) in [6, 6.07) is 0. The highest BCUT2D eigenvalue weighted by Gasteiger charge is 2.36. The van der Waals surface area contributed by atoms with Gasteiger partial charge in [0.1, 0.15) is 0 Å². The van der Waals surface area contributed by atoms with E-state index in [0.29, 0.717) is 12.5 Å². The molecule has 0 aromatic carbocycles. The maximum atomic E-state index is 11.9. The van der Waals surface area contributed by atoms with Gasteiger partial charge >= 0.3 is 5.97 Å². The van der Waals surface area contributed by atoms with Gasteiger partial charge in [-0.3, -0.25) is 9.79 Å². The van der Waals surface area contributed by atoms with E-state index in [1.165, 1.54) is 7.11 Å². The van der Waals surface area contributed by atoms with E-state index in [1.807, 2.05) is 0 Å². The van der Waals surface area contributed by atoms with Gasteiger partial charge in [-0.2, -0.15) is 0 Å². The highest BCUT2D eigenvalue weighted by Crippen LogP contribution is 2.24. The Morgan fingerprint density at radius 2 is 2.19 bits per heavy atom. The molecule has 0 aromatic heterocycles. The number of carbonyl (C=O) groups is 1. The monoisotopic (exact) mass is 483 g/mol. The number of halogens is 1. The first-order valence-corrected chi connectivity index (χ1v) is 9.42. The molecule has 2 heterocycles. The Labute approximate surface area is 174 Å². The lowest BCUT2D eigenvalue weighted by molar-refractivity contribution is -0.145. The van der Waals surface area contributed by atoms with Gasteiger partial charge in [-0.15, -0.1) is 24.0 Å². The Balaban J connectivity index is 0.00000338. The van der Waals surface area contributed by atoms with Crippen molar-refractivity contribution in [3.05, 3.63) is 0 Å². The van der Waals surface area contributed by atoms with Crippen LogP contribution < -0.4 is 5.32 Å². The van der Waals surface area contributed by atoms with E-state index in [9.17, 15) is 4.79 Å². The molecule has 152 valence electrons. The van der Waals surface area contributed by atoms with E-state index >= 15 is 0 Å². The van der Waals surface area contributed by atoms with Gasteiger partial charge in [0.25, 0.3) is 0 Å². The van der Waals surface area contributed by atoms with Gasteiger partial charge in [-0.1, -0.05) is 6.92 Å². The number of hydrogen-bond donors (Lipinski definition) is 1. The summed E-state index contributed by atoms with van der Waals surface area (Å²) in [5.41, 5.74) is 0. The molecule has 2 rings (SSSR count). The minimum absolute atomic E-state index is 0. The third-order valence-corrected chi connectivity index (χ3v) is 4.84. The number of hydrogen-bond acceptors (Lipinski definition) is 5. The Kier molecular flexibility index (Phi) is 11.5. The quantitative estimate of drug-likeness (QED) is 0.187. The SMILES string of the molecule is CCNC(=NCCCOCC1CCOC1)N1CC(C)C(C(=O)OC)C1.I. The van der Waals surface area contributed by atoms with Crippen LogP contribution in [0.4, 0.5) is 0 Å². The number of likely N-dealkylation sites (tertiary alicyclic amines) is 1. The molecule has 0 bridgehead atoms. The summed E-state index contributed by atoms with van der Waals surface area (Å²) in [6.07, 6.45) is 2.00. The average molecular weight is 483 g/mol. The maximum Gasteiger partial charge on any atom is 0.310 e. The van der Waals surface area contributed by atoms with Gasteiger partial charge in [0, 0.05) is 45.3 Å². The van der Waals surface area contributed by atoms with Gasteiger partial charge in [0.05, 0.1) is 26.2 Å². The van der Waals surface area contributed by atoms with Crippen LogP contribution in [0.5, 0.6) is 0 Å². The van der Waals surface area contributed by atoms with Crippen LogP contribution in [0.15, 0.2) is 4.99 Å². The molecule has 0 aliphatic carbocycles. The number of carbonyl (C=O) groups excluding carboxylic acids is 1. The first-order chi connectivity index (χ1) is 12.2. The molecule has 2 aliphatic heterocycles. The van der Waals surface area contributed by atoms with E-state index in [1.54, 1.807) is 0 Å². The van der Waals surface area contributed by atoms with E-state index in [0.717, 1.165) is 64.9 Å². The Bertz CT molecular complexity index is 444. The molecular weight excluding hydrogens is 449 g/mol. The van der Waals surface area contributed by atoms with Crippen LogP contribution in [0.3, 0.4) is 0 Å². The lowest BCUT2D eigenvalue weighted by atomic mass is 9.99. The van der Waals surface area contributed by atoms with Gasteiger partial charge in [0.15, 0.2) is 5.96 Å². The zero-order valence-electron chi connectivity index (χ0n) is 16.2. The zero-order chi connectivity index (χ0) is 18.1. The van der Waals surface area contributed by atoms with Crippen LogP contribution in [0.2, 0.25) is 0 Å². The summed E-state index contributed by atoms with van der Waals surface area (Å²) in [7, 11) is 1.45. The fourth-order valence-corrected chi connectivity index (χ4v) is 3.34. The third kappa shape index (κ3) is 7.19. The van der Waals surface area contributed by atoms with Crippen LogP contribution in [0.1, 0.15) is 26.7 Å². The molecule has 0 aromatic rings. The second kappa shape index (κ2) is 12.7. The molecule has 1 N–H and O–H groups in total. The standard InChI is InChI=1S/C18H33N3O4.HI/c1-4-19-18(21-10-14(2)16(11-21)17(22)23-3)20-7-5-8-24-12-15-6-9-25-13-15;/h14-16H,4-13H2,1-3H3,(H,19,20);1H. The third-order valence-electron chi connectivity index (χ3n) is 4.84. The fourth-order valence-electron chi connectivity index (χ4n) is 3.34. The van der Waals surface area contributed by atoms with Crippen molar-refractivity contribution in [1.29, 1.82) is 0 Å². The normalized spacial score (nSPS) is 25.9. The van der Waals surface area contributed by atoms with Gasteiger partial charge in [-0.05, 0) is 25.7 Å². The summed E-state index contributed by atoms with van der Waals surface area (Å²) in [5, 5.41) is 3.32. The molecule has 26 heavy (non-hydrogen) atoms. The highest BCUT2D eigenvalue weighted by molar-refractivity contribution is 14.0. The van der Waals surface area contributed by atoms with Crippen molar-refractivity contribution in [1.82, 2.24) is 10.2 Å². The molecule has 0 saturated carbocycles. The summed E-state index contributed by atoms with van der Waals surface area (Å²) in [4.78, 5) is 18.7. The minimum Gasteiger partial charge on any atom is -0.469 e. The number of rotatable bonds is 8. The number of methoxy groups -OCH3 is 1. The van der Waals surface area contributed by atoms with Crippen molar-refractivity contribution in [3.63, 3.8) is 0 Å². The van der Waals surface area contributed by atoms with Crippen molar-refractivity contribution in [2.45, 2.75) is 26.7 Å². The fraction of sp³-hybridized carbons (Fsp3) is 0.889. The summed E-state index contributed by atoms with van der Waals surface area (Å²) in [5.74, 6) is 1.50. The van der Waals surface area contributed by atoms with Crippen LogP contribution >= 0.6 is 24.0 Å². The van der Waals surface area contributed by atoms with Crippen molar-refractivity contribution in [2.24, 2.45) is 22.7 Å². The smallest absolute Gasteiger partial charge is 0.310 e. The lowest BCUT2D eigenvalue weighted by Gasteiger charge is -2.21. The van der Waals surface area contributed by atoms with E-state index < -0.39 is 0 Å². The Morgan fingerprint density at radius 3 is 2.85 bits per heavy atom. The predicted molar refractivity (Wildman–Crippen MR) is 112 cm³/mol. The summed E-state index contributed by atoms with van der Waals surface area (Å²) < 4.78 is 16.0. The topological polar surface area (TPSA) is 72.4 Å². The van der Waals surface area contributed by atoms with Crippen LogP contribution in [0.25, 0.3) is 0 Å². The number of nitrogens with one attached hydrogen (secondary N) is 1. The molecule has 3 unspecified atom stereocenters. The van der Waals surface area contributed by atoms with Crippen LogP contribution in [-0.2, 0) is 19.0 Å². The van der Waals surface area contributed by atoms with Gasteiger partial charge in [-0.25, -0.2) is 0 Å². The average Bonchev–Trinajstić information content (AvgIpc) is 3.26. The molecule has 0 spiro atoms. The van der Waals surface area contributed by atoms with E-state index in [4.69, 9.17) is 19.2 Å². The summed E-state index contributed by atoms with van der Waals surface area (Å²) >= 11 is 0. The second-order valence-corrected chi connectivity index (χ2v) is 6.91. The predicted octanol–water partition coefficient (Wildman–Crippen LogP) is 1.75. The number of aliphatic imine (C=N–C) groups is 1. The number of ether oxygens (including phenoxy) is 3. The molecule has 2 aliphatic rings. The molecule has 2 fully saturated rings. The molecule has 0 radical (unpaired) electrons. The number of esters is 1. The highest BCUT2D eigenvalue weighted by atomic mass is 127. The minimum atomic E-state index is -0.129. The van der Waals surface area contributed by atoms with Crippen molar-refractivity contribution in [3.8, 4) is 0 Å². The summed E-state index contributed by atoms with van der Waals surface area (Å²) in [6.45, 7) is 10.4. The van der Waals surface area contributed by atoms with Gasteiger partial charge < -0.3 is 24.4 Å². The molecule has 0 amide bonds. The molecule has 8 heteroatoms. The number of guanidine groups is 1. The Hall–Kier alpha value is -0.610. The van der Waals surface area contributed by atoms with Gasteiger partial charge in [0.2, 0.25) is 0 Å². The zero-order valence-corrected chi connectivity index (χ0v) is 18.6. The molecule has 7 nitrogen and oxygen atoms in total. The van der Waals surface area contributed by atoms with Crippen molar-refractivity contribution in [2.75, 3.05) is 59.7 Å². The first kappa shape index (κ1) is 23.4. The lowest BCUT2D eigenvalue weighted by Crippen LogP contribution is -2.40. The molecule has 2 saturated heterocycles. The first-order valence-electron chi connectivity index (χ1n) is 9.42. The van der Waals surface area contributed by atoms with Crippen LogP contribution in [-0.4, -0.2) is 76.5 Å². The largest absolute Gasteiger partial charge is 0.469 e. The second-order valence-electron chi connectivity index (χ2n) is 6.91.